The fraction of sp³-hybridized carbons (Fsp3) is 0.0909. The Labute approximate surface area is 184 Å². The fourth-order valence-electron chi connectivity index (χ4n) is 2.68. The Balaban J connectivity index is 0.000000244. The smallest absolute Gasteiger partial charge is 0.256 e. The van der Waals surface area contributed by atoms with E-state index in [2.05, 4.69) is 0 Å². The highest BCUT2D eigenvalue weighted by atomic mass is 16.5. The maximum atomic E-state index is 11.3. The number of nitrogens with two attached hydrogens (primary N) is 4. The van der Waals surface area contributed by atoms with Gasteiger partial charge >= 0.3 is 0 Å². The third kappa shape index (κ3) is 5.51. The van der Waals surface area contributed by atoms with Crippen molar-refractivity contribution in [2.24, 2.45) is 11.5 Å². The summed E-state index contributed by atoms with van der Waals surface area (Å²) in [4.78, 5) is 22.2. The monoisotopic (exact) mass is 440 g/mol. The summed E-state index contributed by atoms with van der Waals surface area (Å²) in [5, 5.41) is 19.1. The molecule has 2 amide bonds. The lowest BCUT2D eigenvalue weighted by molar-refractivity contribution is 0.0984. The number of hydrogen-bond donors (Lipinski definition) is 6. The molecular formula is C22H24N4O6. The first-order chi connectivity index (χ1) is 15.2. The number of amides is 2. The van der Waals surface area contributed by atoms with Crippen molar-refractivity contribution in [3.8, 4) is 23.0 Å². The molecule has 0 saturated carbocycles. The number of carbonyl (C=O) groups excluding carboxylic acids is 2. The van der Waals surface area contributed by atoms with Crippen LogP contribution < -0.4 is 32.4 Å². The molecule has 3 aromatic carbocycles. The highest BCUT2D eigenvalue weighted by molar-refractivity contribution is 6.00. The van der Waals surface area contributed by atoms with Gasteiger partial charge in [-0.15, -0.1) is 0 Å². The van der Waals surface area contributed by atoms with Crippen molar-refractivity contribution >= 4 is 23.2 Å². The zero-order chi connectivity index (χ0) is 23.8. The number of ether oxygens (including phenoxy) is 2. The van der Waals surface area contributed by atoms with Crippen molar-refractivity contribution in [1.29, 1.82) is 0 Å². The minimum absolute atomic E-state index is 0.0841. The Bertz CT molecular complexity index is 1120. The summed E-state index contributed by atoms with van der Waals surface area (Å²) in [7, 11) is 1.37. The number of nitrogen functional groups attached to an aromatic ring is 2. The Morgan fingerprint density at radius 3 is 1.72 bits per heavy atom. The molecular weight excluding hydrogens is 416 g/mol. The number of phenols is 2. The van der Waals surface area contributed by atoms with Crippen LogP contribution in [0.1, 0.15) is 26.3 Å². The fourth-order valence-corrected chi connectivity index (χ4v) is 2.68. The molecule has 0 atom stereocenters. The lowest BCUT2D eigenvalue weighted by atomic mass is 10.1. The number of aromatic hydroxyl groups is 2. The summed E-state index contributed by atoms with van der Waals surface area (Å²) in [5.74, 6) is -1.83. The van der Waals surface area contributed by atoms with Gasteiger partial charge in [0, 0.05) is 0 Å². The van der Waals surface area contributed by atoms with Crippen molar-refractivity contribution in [3.63, 3.8) is 0 Å². The Morgan fingerprint density at radius 2 is 1.25 bits per heavy atom. The van der Waals surface area contributed by atoms with Gasteiger partial charge in [0.25, 0.3) is 11.8 Å². The first-order valence-corrected chi connectivity index (χ1v) is 9.20. The van der Waals surface area contributed by atoms with E-state index in [1.807, 2.05) is 30.3 Å². The average molecular weight is 440 g/mol. The number of methoxy groups -OCH3 is 1. The largest absolute Gasteiger partial charge is 0.505 e. The van der Waals surface area contributed by atoms with E-state index in [0.717, 1.165) is 5.56 Å². The summed E-state index contributed by atoms with van der Waals surface area (Å²) >= 11 is 0. The van der Waals surface area contributed by atoms with Gasteiger partial charge in [-0.05, 0) is 29.8 Å². The van der Waals surface area contributed by atoms with Crippen LogP contribution in [0.5, 0.6) is 23.0 Å². The topological polar surface area (TPSA) is 197 Å². The van der Waals surface area contributed by atoms with Gasteiger partial charge in [0.1, 0.15) is 29.2 Å². The molecule has 0 fully saturated rings. The van der Waals surface area contributed by atoms with E-state index in [0.29, 0.717) is 0 Å². The highest BCUT2D eigenvalue weighted by Gasteiger charge is 2.18. The molecule has 0 aliphatic heterocycles. The highest BCUT2D eigenvalue weighted by Crippen LogP contribution is 2.33. The van der Waals surface area contributed by atoms with Crippen LogP contribution in [0.2, 0.25) is 0 Å². The standard InChI is InChI=1S/C14H14N2O3.C8H10N2O3/c15-10-6-7-11(12(13(10)17)14(16)18)19-8-9-4-2-1-3-5-9;1-13-5-3-2-4(9)7(11)6(5)8(10)12/h1-7,17H,8,15H2,(H2,16,18);2-3,11H,9H2,1H3,(H2,10,12). The van der Waals surface area contributed by atoms with Crippen LogP contribution in [0, 0.1) is 0 Å². The molecule has 0 unspecified atom stereocenters. The van der Waals surface area contributed by atoms with E-state index in [1.165, 1.54) is 31.4 Å². The molecule has 0 radical (unpaired) electrons. The summed E-state index contributed by atoms with van der Waals surface area (Å²) in [5.41, 5.74) is 22.1. The predicted octanol–water partition coefficient (Wildman–Crippen LogP) is 1.73. The van der Waals surface area contributed by atoms with E-state index < -0.39 is 11.8 Å². The number of benzene rings is 3. The van der Waals surface area contributed by atoms with Crippen LogP contribution in [0.4, 0.5) is 11.4 Å². The molecule has 3 rings (SSSR count). The van der Waals surface area contributed by atoms with Gasteiger partial charge in [0.15, 0.2) is 11.5 Å². The Hall–Kier alpha value is -4.60. The van der Waals surface area contributed by atoms with Crippen molar-refractivity contribution in [1.82, 2.24) is 0 Å². The molecule has 10 N–H and O–H groups in total. The van der Waals surface area contributed by atoms with E-state index in [1.54, 1.807) is 0 Å². The van der Waals surface area contributed by atoms with Crippen LogP contribution in [-0.2, 0) is 6.61 Å². The summed E-state index contributed by atoms with van der Waals surface area (Å²) in [6.07, 6.45) is 0. The molecule has 10 nitrogen and oxygen atoms in total. The Kier molecular flexibility index (Phi) is 7.72. The van der Waals surface area contributed by atoms with Gasteiger partial charge in [-0.3, -0.25) is 9.59 Å². The second-order valence-corrected chi connectivity index (χ2v) is 6.46. The van der Waals surface area contributed by atoms with Gasteiger partial charge in [0.2, 0.25) is 0 Å². The molecule has 0 aliphatic rings. The van der Waals surface area contributed by atoms with Crippen LogP contribution in [-0.4, -0.2) is 29.1 Å². The first-order valence-electron chi connectivity index (χ1n) is 9.20. The first kappa shape index (κ1) is 23.7. The maximum absolute atomic E-state index is 11.3. The third-order valence-electron chi connectivity index (χ3n) is 4.29. The molecule has 10 heteroatoms. The van der Waals surface area contributed by atoms with Gasteiger partial charge in [-0.2, -0.15) is 0 Å². The van der Waals surface area contributed by atoms with Crippen molar-refractivity contribution in [3.05, 3.63) is 71.3 Å². The lowest BCUT2D eigenvalue weighted by Crippen LogP contribution is -2.14. The second-order valence-electron chi connectivity index (χ2n) is 6.46. The third-order valence-corrected chi connectivity index (χ3v) is 4.29. The van der Waals surface area contributed by atoms with E-state index in [-0.39, 0.29) is 52.1 Å². The minimum atomic E-state index is -0.784. The summed E-state index contributed by atoms with van der Waals surface area (Å²) in [6.45, 7) is 0.268. The number of rotatable bonds is 6. The molecule has 0 heterocycles. The Morgan fingerprint density at radius 1 is 0.781 bits per heavy atom. The summed E-state index contributed by atoms with van der Waals surface area (Å²) in [6, 6.07) is 15.3. The average Bonchev–Trinajstić information content (AvgIpc) is 2.76. The SMILES string of the molecule is COc1ccc(N)c(O)c1C(N)=O.NC(=O)c1c(OCc2ccccc2)ccc(N)c1O. The number of hydrogen-bond acceptors (Lipinski definition) is 8. The van der Waals surface area contributed by atoms with Gasteiger partial charge in [0.05, 0.1) is 18.5 Å². The zero-order valence-electron chi connectivity index (χ0n) is 17.2. The molecule has 32 heavy (non-hydrogen) atoms. The molecule has 3 aromatic rings. The van der Waals surface area contributed by atoms with Crippen LogP contribution in [0.25, 0.3) is 0 Å². The molecule has 168 valence electrons. The molecule has 0 aromatic heterocycles. The minimum Gasteiger partial charge on any atom is -0.505 e. The van der Waals surface area contributed by atoms with Crippen molar-refractivity contribution < 1.29 is 29.3 Å². The van der Waals surface area contributed by atoms with Gasteiger partial charge < -0.3 is 42.6 Å². The zero-order valence-corrected chi connectivity index (χ0v) is 17.2. The molecule has 0 aliphatic carbocycles. The van der Waals surface area contributed by atoms with E-state index >= 15 is 0 Å². The number of carbonyl (C=O) groups is 2. The van der Waals surface area contributed by atoms with Crippen LogP contribution in [0.15, 0.2) is 54.6 Å². The number of primary amides is 2. The quantitative estimate of drug-likeness (QED) is 0.246. The normalized spacial score (nSPS) is 9.91. The van der Waals surface area contributed by atoms with E-state index in [9.17, 15) is 19.8 Å². The van der Waals surface area contributed by atoms with Crippen molar-refractivity contribution in [2.45, 2.75) is 6.61 Å². The maximum Gasteiger partial charge on any atom is 0.256 e. The van der Waals surface area contributed by atoms with Crippen molar-refractivity contribution in [2.75, 3.05) is 18.6 Å². The van der Waals surface area contributed by atoms with Gasteiger partial charge in [-0.1, -0.05) is 30.3 Å². The van der Waals surface area contributed by atoms with Gasteiger partial charge in [-0.25, -0.2) is 0 Å². The lowest BCUT2D eigenvalue weighted by Gasteiger charge is -2.12. The van der Waals surface area contributed by atoms with Crippen LogP contribution >= 0.6 is 0 Å². The van der Waals surface area contributed by atoms with E-state index in [4.69, 9.17) is 32.4 Å². The second kappa shape index (κ2) is 10.4. The predicted molar refractivity (Wildman–Crippen MR) is 119 cm³/mol. The molecule has 0 spiro atoms. The summed E-state index contributed by atoms with van der Waals surface area (Å²) < 4.78 is 10.3. The number of anilines is 2. The molecule has 0 saturated heterocycles. The molecule has 0 bridgehead atoms. The van der Waals surface area contributed by atoms with Crippen LogP contribution in [0.3, 0.4) is 0 Å².